The van der Waals surface area contributed by atoms with E-state index in [4.69, 9.17) is 10.00 Å². The number of anilines is 1. The van der Waals surface area contributed by atoms with Gasteiger partial charge in [-0.3, -0.25) is 0 Å². The third-order valence-electron chi connectivity index (χ3n) is 3.77. The normalized spacial score (nSPS) is 17.2. The molecule has 136 valence electrons. The molecule has 1 unspecified atom stereocenters. The molecule has 0 aliphatic carbocycles. The largest absolute Gasteiger partial charge is 0.419 e. The second-order valence-electron chi connectivity index (χ2n) is 5.58. The van der Waals surface area contributed by atoms with Gasteiger partial charge in [-0.05, 0) is 25.0 Å². The SMILES string of the molecule is N#CCCN(CC1CCCO1)C(=O)Nc1cccc(C(F)(F)F)c1F. The minimum atomic E-state index is -4.86. The van der Waals surface area contributed by atoms with Gasteiger partial charge >= 0.3 is 12.2 Å². The molecule has 1 aliphatic rings. The van der Waals surface area contributed by atoms with Crippen molar-refractivity contribution < 1.29 is 27.1 Å². The van der Waals surface area contributed by atoms with E-state index in [2.05, 4.69) is 5.32 Å². The number of nitrogens with zero attached hydrogens (tertiary/aromatic N) is 2. The van der Waals surface area contributed by atoms with E-state index in [-0.39, 0.29) is 25.6 Å². The van der Waals surface area contributed by atoms with Gasteiger partial charge in [0.25, 0.3) is 0 Å². The van der Waals surface area contributed by atoms with Crippen LogP contribution in [0.4, 0.5) is 28.0 Å². The summed E-state index contributed by atoms with van der Waals surface area (Å²) >= 11 is 0. The van der Waals surface area contributed by atoms with Crippen molar-refractivity contribution in [1.82, 2.24) is 4.90 Å². The number of benzene rings is 1. The van der Waals surface area contributed by atoms with Gasteiger partial charge in [-0.1, -0.05) is 6.07 Å². The van der Waals surface area contributed by atoms with Crippen LogP contribution in [0.5, 0.6) is 0 Å². The van der Waals surface area contributed by atoms with Gasteiger partial charge in [-0.25, -0.2) is 9.18 Å². The van der Waals surface area contributed by atoms with Crippen LogP contribution in [0.25, 0.3) is 0 Å². The van der Waals surface area contributed by atoms with E-state index >= 15 is 0 Å². The first kappa shape index (κ1) is 19.0. The highest BCUT2D eigenvalue weighted by Gasteiger charge is 2.35. The quantitative estimate of drug-likeness (QED) is 0.814. The fourth-order valence-electron chi connectivity index (χ4n) is 2.54. The summed E-state index contributed by atoms with van der Waals surface area (Å²) in [5, 5.41) is 10.8. The van der Waals surface area contributed by atoms with Crippen LogP contribution in [0.3, 0.4) is 0 Å². The van der Waals surface area contributed by atoms with Crippen LogP contribution in [-0.2, 0) is 10.9 Å². The highest BCUT2D eigenvalue weighted by molar-refractivity contribution is 5.89. The Labute approximate surface area is 142 Å². The van der Waals surface area contributed by atoms with E-state index in [1.54, 1.807) is 0 Å². The number of carbonyl (C=O) groups is 1. The Bertz CT molecular complexity index is 652. The maximum atomic E-state index is 14.0. The van der Waals surface area contributed by atoms with Crippen LogP contribution in [-0.4, -0.2) is 36.7 Å². The molecular weight excluding hydrogens is 342 g/mol. The summed E-state index contributed by atoms with van der Waals surface area (Å²) in [6.07, 6.45) is -3.42. The minimum Gasteiger partial charge on any atom is -0.376 e. The number of alkyl halides is 3. The molecule has 9 heteroatoms. The zero-order valence-corrected chi connectivity index (χ0v) is 13.3. The molecule has 0 bridgehead atoms. The third kappa shape index (κ3) is 5.06. The number of rotatable bonds is 5. The molecule has 0 saturated carbocycles. The smallest absolute Gasteiger partial charge is 0.376 e. The number of amides is 2. The average molecular weight is 359 g/mol. The molecule has 0 aromatic heterocycles. The van der Waals surface area contributed by atoms with E-state index < -0.39 is 29.3 Å². The van der Waals surface area contributed by atoms with Crippen LogP contribution >= 0.6 is 0 Å². The number of halogens is 4. The third-order valence-corrected chi connectivity index (χ3v) is 3.77. The topological polar surface area (TPSA) is 65.4 Å². The van der Waals surface area contributed by atoms with Crippen LogP contribution in [0.1, 0.15) is 24.8 Å². The van der Waals surface area contributed by atoms with E-state index in [0.717, 1.165) is 25.0 Å². The first-order valence-electron chi connectivity index (χ1n) is 7.73. The average Bonchev–Trinajstić information content (AvgIpc) is 3.05. The first-order chi connectivity index (χ1) is 11.8. The molecule has 1 atom stereocenters. The molecule has 0 radical (unpaired) electrons. The van der Waals surface area contributed by atoms with Crippen LogP contribution < -0.4 is 5.32 Å². The van der Waals surface area contributed by atoms with Gasteiger partial charge in [0.05, 0.1) is 29.8 Å². The summed E-state index contributed by atoms with van der Waals surface area (Å²) in [5.74, 6) is -1.54. The van der Waals surface area contributed by atoms with Crippen molar-refractivity contribution in [3.63, 3.8) is 0 Å². The van der Waals surface area contributed by atoms with Crippen LogP contribution in [0.15, 0.2) is 18.2 Å². The Morgan fingerprint density at radius 2 is 2.20 bits per heavy atom. The Balaban J connectivity index is 2.13. The molecule has 5 nitrogen and oxygen atoms in total. The predicted octanol–water partition coefficient (Wildman–Crippen LogP) is 3.77. The van der Waals surface area contributed by atoms with Crippen molar-refractivity contribution in [2.24, 2.45) is 0 Å². The number of urea groups is 1. The van der Waals surface area contributed by atoms with Gasteiger partial charge in [0, 0.05) is 19.7 Å². The summed E-state index contributed by atoms with van der Waals surface area (Å²) in [6, 6.07) is 3.79. The monoisotopic (exact) mass is 359 g/mol. The van der Waals surface area contributed by atoms with Gasteiger partial charge in [-0.2, -0.15) is 18.4 Å². The van der Waals surface area contributed by atoms with Gasteiger partial charge in [0.2, 0.25) is 0 Å². The van der Waals surface area contributed by atoms with Gasteiger partial charge in [0.1, 0.15) is 0 Å². The van der Waals surface area contributed by atoms with Crippen molar-refractivity contribution in [2.75, 3.05) is 25.0 Å². The van der Waals surface area contributed by atoms with Crippen molar-refractivity contribution >= 4 is 11.7 Å². The molecule has 0 spiro atoms. The molecule has 1 N–H and O–H groups in total. The Kier molecular flexibility index (Phi) is 6.20. The standard InChI is InChI=1S/C16H17F4N3O2/c17-14-12(16(18,19)20)5-1-6-13(14)22-15(24)23(8-3-7-21)10-11-4-2-9-25-11/h1,5-6,11H,2-4,8-10H2,(H,22,24). The summed E-state index contributed by atoms with van der Waals surface area (Å²) in [5.41, 5.74) is -2.01. The number of hydrogen-bond donors (Lipinski definition) is 1. The molecule has 1 heterocycles. The van der Waals surface area contributed by atoms with Crippen molar-refractivity contribution in [2.45, 2.75) is 31.5 Å². The number of carbonyl (C=O) groups excluding carboxylic acids is 1. The number of ether oxygens (including phenoxy) is 1. The first-order valence-corrected chi connectivity index (χ1v) is 7.73. The molecule has 2 amide bonds. The molecule has 1 aromatic carbocycles. The lowest BCUT2D eigenvalue weighted by atomic mass is 10.1. The molecule has 25 heavy (non-hydrogen) atoms. The maximum Gasteiger partial charge on any atom is 0.419 e. The fraction of sp³-hybridized carbons (Fsp3) is 0.500. The molecule has 1 aromatic rings. The Morgan fingerprint density at radius 3 is 2.80 bits per heavy atom. The van der Waals surface area contributed by atoms with Gasteiger partial charge in [-0.15, -0.1) is 0 Å². The van der Waals surface area contributed by atoms with Crippen LogP contribution in [0, 0.1) is 17.1 Å². The van der Waals surface area contributed by atoms with Gasteiger partial charge < -0.3 is 15.0 Å². The number of nitrogens with one attached hydrogen (secondary N) is 1. The molecule has 1 fully saturated rings. The van der Waals surface area contributed by atoms with E-state index in [0.29, 0.717) is 12.7 Å². The second-order valence-corrected chi connectivity index (χ2v) is 5.58. The predicted molar refractivity (Wildman–Crippen MR) is 81.2 cm³/mol. The van der Waals surface area contributed by atoms with Crippen molar-refractivity contribution in [3.05, 3.63) is 29.6 Å². The molecule has 1 saturated heterocycles. The highest BCUT2D eigenvalue weighted by Crippen LogP contribution is 2.34. The lowest BCUT2D eigenvalue weighted by Gasteiger charge is -2.25. The van der Waals surface area contributed by atoms with Crippen LogP contribution in [0.2, 0.25) is 0 Å². The molecule has 2 rings (SSSR count). The fourth-order valence-corrected chi connectivity index (χ4v) is 2.54. The van der Waals surface area contributed by atoms with Crippen molar-refractivity contribution in [1.29, 1.82) is 5.26 Å². The molecular formula is C16H17F4N3O2. The van der Waals surface area contributed by atoms with Crippen molar-refractivity contribution in [3.8, 4) is 6.07 Å². The summed E-state index contributed by atoms with van der Waals surface area (Å²) in [6.45, 7) is 0.831. The second kappa shape index (κ2) is 8.16. The zero-order valence-electron chi connectivity index (χ0n) is 13.3. The Hall–Kier alpha value is -2.34. The summed E-state index contributed by atoms with van der Waals surface area (Å²) in [4.78, 5) is 13.6. The number of nitriles is 1. The lowest BCUT2D eigenvalue weighted by molar-refractivity contribution is -0.139. The maximum absolute atomic E-state index is 14.0. The summed E-state index contributed by atoms with van der Waals surface area (Å²) < 4.78 is 57.7. The van der Waals surface area contributed by atoms with E-state index in [1.807, 2.05) is 6.07 Å². The summed E-state index contributed by atoms with van der Waals surface area (Å²) in [7, 11) is 0. The van der Waals surface area contributed by atoms with E-state index in [9.17, 15) is 22.4 Å². The Morgan fingerprint density at radius 1 is 1.44 bits per heavy atom. The highest BCUT2D eigenvalue weighted by atomic mass is 19.4. The number of hydrogen-bond acceptors (Lipinski definition) is 3. The lowest BCUT2D eigenvalue weighted by Crippen LogP contribution is -2.40. The molecule has 1 aliphatic heterocycles. The van der Waals surface area contributed by atoms with Gasteiger partial charge in [0.15, 0.2) is 5.82 Å². The minimum absolute atomic E-state index is 0.0468. The zero-order chi connectivity index (χ0) is 18.4. The van der Waals surface area contributed by atoms with E-state index in [1.165, 1.54) is 4.90 Å².